The molecule has 3 rings (SSSR count). The predicted octanol–water partition coefficient (Wildman–Crippen LogP) is 4.23. The highest BCUT2D eigenvalue weighted by Gasteiger charge is 2.16. The first-order valence-electron chi connectivity index (χ1n) is 9.09. The van der Waals surface area contributed by atoms with E-state index in [9.17, 15) is 9.59 Å². The molecule has 0 unspecified atom stereocenters. The molecule has 1 saturated carbocycles. The van der Waals surface area contributed by atoms with Crippen LogP contribution in [0.2, 0.25) is 0 Å². The normalized spacial score (nSPS) is 13.9. The van der Waals surface area contributed by atoms with Gasteiger partial charge in [-0.3, -0.25) is 9.59 Å². The molecule has 0 bridgehead atoms. The minimum Gasteiger partial charge on any atom is -0.495 e. The van der Waals surface area contributed by atoms with Gasteiger partial charge in [0.1, 0.15) is 11.5 Å². The molecular formula is C21H24N2O4. The molecule has 2 amide bonds. The average molecular weight is 368 g/mol. The summed E-state index contributed by atoms with van der Waals surface area (Å²) in [6.45, 7) is 1.42. The van der Waals surface area contributed by atoms with Crippen LogP contribution < -0.4 is 20.1 Å². The molecule has 0 spiro atoms. The first kappa shape index (κ1) is 18.8. The molecule has 1 aliphatic rings. The Morgan fingerprint density at radius 1 is 1.00 bits per heavy atom. The molecule has 142 valence electrons. The van der Waals surface area contributed by atoms with E-state index >= 15 is 0 Å². The van der Waals surface area contributed by atoms with Gasteiger partial charge in [0, 0.05) is 18.2 Å². The fourth-order valence-electron chi connectivity index (χ4n) is 3.16. The summed E-state index contributed by atoms with van der Waals surface area (Å²) in [4.78, 5) is 23.8. The van der Waals surface area contributed by atoms with Gasteiger partial charge in [0.15, 0.2) is 0 Å². The van der Waals surface area contributed by atoms with Crippen molar-refractivity contribution in [1.29, 1.82) is 0 Å². The highest BCUT2D eigenvalue weighted by atomic mass is 16.5. The first-order chi connectivity index (χ1) is 13.0. The van der Waals surface area contributed by atoms with Gasteiger partial charge in [0.2, 0.25) is 5.91 Å². The smallest absolute Gasteiger partial charge is 0.255 e. The maximum Gasteiger partial charge on any atom is 0.255 e. The maximum absolute atomic E-state index is 12.5. The molecule has 27 heavy (non-hydrogen) atoms. The Morgan fingerprint density at radius 2 is 1.70 bits per heavy atom. The molecule has 0 heterocycles. The summed E-state index contributed by atoms with van der Waals surface area (Å²) in [5.74, 6) is 0.864. The van der Waals surface area contributed by atoms with Crippen LogP contribution in [0.15, 0.2) is 42.5 Å². The fourth-order valence-corrected chi connectivity index (χ4v) is 3.16. The summed E-state index contributed by atoms with van der Waals surface area (Å²) in [6, 6.07) is 12.2. The Balaban J connectivity index is 1.66. The van der Waals surface area contributed by atoms with E-state index < -0.39 is 0 Å². The van der Waals surface area contributed by atoms with Gasteiger partial charge < -0.3 is 20.1 Å². The summed E-state index contributed by atoms with van der Waals surface area (Å²) < 4.78 is 11.1. The van der Waals surface area contributed by atoms with Crippen molar-refractivity contribution in [3.8, 4) is 11.5 Å². The van der Waals surface area contributed by atoms with Gasteiger partial charge in [-0.05, 0) is 68.1 Å². The Hall–Kier alpha value is -3.02. The second kappa shape index (κ2) is 8.58. The van der Waals surface area contributed by atoms with Crippen LogP contribution in [0, 0.1) is 0 Å². The molecule has 0 radical (unpaired) electrons. The van der Waals surface area contributed by atoms with Crippen LogP contribution in [0.5, 0.6) is 11.5 Å². The molecule has 0 aliphatic heterocycles. The van der Waals surface area contributed by atoms with Crippen molar-refractivity contribution in [3.63, 3.8) is 0 Å². The number of rotatable bonds is 6. The number of amides is 2. The van der Waals surface area contributed by atoms with E-state index in [1.807, 2.05) is 12.1 Å². The van der Waals surface area contributed by atoms with Gasteiger partial charge in [0.25, 0.3) is 5.91 Å². The SMILES string of the molecule is COc1ccc(NC(=O)c2ccc(OC3CCCC3)cc2)cc1NC(C)=O. The van der Waals surface area contributed by atoms with E-state index in [4.69, 9.17) is 9.47 Å². The number of anilines is 2. The van der Waals surface area contributed by atoms with Gasteiger partial charge in [-0.15, -0.1) is 0 Å². The van der Waals surface area contributed by atoms with Crippen LogP contribution >= 0.6 is 0 Å². The lowest BCUT2D eigenvalue weighted by atomic mass is 10.2. The quantitative estimate of drug-likeness (QED) is 0.800. The van der Waals surface area contributed by atoms with Crippen LogP contribution in [0.4, 0.5) is 11.4 Å². The lowest BCUT2D eigenvalue weighted by Crippen LogP contribution is -2.14. The van der Waals surface area contributed by atoms with Crippen molar-refractivity contribution in [2.24, 2.45) is 0 Å². The van der Waals surface area contributed by atoms with Crippen LogP contribution in [0.25, 0.3) is 0 Å². The van der Waals surface area contributed by atoms with Crippen LogP contribution in [0.1, 0.15) is 43.0 Å². The lowest BCUT2D eigenvalue weighted by molar-refractivity contribution is -0.114. The summed E-state index contributed by atoms with van der Waals surface area (Å²) in [6.07, 6.45) is 4.91. The van der Waals surface area contributed by atoms with Crippen molar-refractivity contribution in [2.45, 2.75) is 38.7 Å². The van der Waals surface area contributed by atoms with E-state index in [0.717, 1.165) is 18.6 Å². The topological polar surface area (TPSA) is 76.7 Å². The fraction of sp³-hybridized carbons (Fsp3) is 0.333. The Bertz CT molecular complexity index is 811. The number of nitrogens with one attached hydrogen (secondary N) is 2. The third kappa shape index (κ3) is 5.00. The maximum atomic E-state index is 12.5. The molecule has 6 heteroatoms. The van der Waals surface area contributed by atoms with Crippen LogP contribution in [-0.4, -0.2) is 25.0 Å². The summed E-state index contributed by atoms with van der Waals surface area (Å²) in [5, 5.41) is 5.52. The number of carbonyl (C=O) groups excluding carboxylic acids is 2. The number of ether oxygens (including phenoxy) is 2. The highest BCUT2D eigenvalue weighted by Crippen LogP contribution is 2.28. The largest absolute Gasteiger partial charge is 0.495 e. The molecule has 0 saturated heterocycles. The van der Waals surface area contributed by atoms with Crippen molar-refractivity contribution in [2.75, 3.05) is 17.7 Å². The zero-order valence-electron chi connectivity index (χ0n) is 15.6. The van der Waals surface area contributed by atoms with Crippen molar-refractivity contribution in [1.82, 2.24) is 0 Å². The predicted molar refractivity (Wildman–Crippen MR) is 105 cm³/mol. The van der Waals surface area contributed by atoms with Crippen molar-refractivity contribution < 1.29 is 19.1 Å². The first-order valence-corrected chi connectivity index (χ1v) is 9.09. The Morgan fingerprint density at radius 3 is 2.33 bits per heavy atom. The molecule has 2 aromatic carbocycles. The molecule has 0 atom stereocenters. The average Bonchev–Trinajstić information content (AvgIpc) is 3.15. The summed E-state index contributed by atoms with van der Waals surface area (Å²) in [5.41, 5.74) is 1.60. The molecular weight excluding hydrogens is 344 g/mol. The van der Waals surface area contributed by atoms with Crippen LogP contribution in [0.3, 0.4) is 0 Å². The monoisotopic (exact) mass is 368 g/mol. The standard InChI is InChI=1S/C21H24N2O4/c1-14(24)22-19-13-16(9-12-20(19)26-2)23-21(25)15-7-10-18(11-8-15)27-17-5-3-4-6-17/h7-13,17H,3-6H2,1-2H3,(H,22,24)(H,23,25). The minimum absolute atomic E-state index is 0.213. The number of benzene rings is 2. The number of methoxy groups -OCH3 is 1. The van der Waals surface area contributed by atoms with Gasteiger partial charge in [-0.1, -0.05) is 0 Å². The van der Waals surface area contributed by atoms with E-state index in [-0.39, 0.29) is 17.9 Å². The zero-order valence-corrected chi connectivity index (χ0v) is 15.6. The molecule has 2 aromatic rings. The van der Waals surface area contributed by atoms with Gasteiger partial charge in [0.05, 0.1) is 18.9 Å². The van der Waals surface area contributed by atoms with E-state index in [1.165, 1.54) is 26.9 Å². The molecule has 1 aliphatic carbocycles. The Kier molecular flexibility index (Phi) is 5.96. The summed E-state index contributed by atoms with van der Waals surface area (Å²) in [7, 11) is 1.52. The third-order valence-corrected chi connectivity index (χ3v) is 4.49. The number of hydrogen-bond donors (Lipinski definition) is 2. The third-order valence-electron chi connectivity index (χ3n) is 4.49. The van der Waals surface area contributed by atoms with Gasteiger partial charge in [-0.2, -0.15) is 0 Å². The highest BCUT2D eigenvalue weighted by molar-refractivity contribution is 6.05. The Labute approximate surface area is 158 Å². The van der Waals surface area contributed by atoms with E-state index in [1.54, 1.807) is 30.3 Å². The lowest BCUT2D eigenvalue weighted by Gasteiger charge is -2.14. The molecule has 2 N–H and O–H groups in total. The zero-order chi connectivity index (χ0) is 19.2. The molecule has 0 aromatic heterocycles. The van der Waals surface area contributed by atoms with Gasteiger partial charge in [-0.25, -0.2) is 0 Å². The number of carbonyl (C=O) groups is 2. The van der Waals surface area contributed by atoms with E-state index in [0.29, 0.717) is 22.7 Å². The molecule has 6 nitrogen and oxygen atoms in total. The minimum atomic E-state index is -0.235. The van der Waals surface area contributed by atoms with Gasteiger partial charge >= 0.3 is 0 Å². The second-order valence-corrected chi connectivity index (χ2v) is 6.60. The molecule has 1 fully saturated rings. The van der Waals surface area contributed by atoms with Crippen LogP contribution in [-0.2, 0) is 4.79 Å². The van der Waals surface area contributed by atoms with Crippen molar-refractivity contribution >= 4 is 23.2 Å². The summed E-state index contributed by atoms with van der Waals surface area (Å²) >= 11 is 0. The van der Waals surface area contributed by atoms with E-state index in [2.05, 4.69) is 10.6 Å². The number of hydrogen-bond acceptors (Lipinski definition) is 4. The second-order valence-electron chi connectivity index (χ2n) is 6.60. The van der Waals surface area contributed by atoms with Crippen molar-refractivity contribution in [3.05, 3.63) is 48.0 Å².